The third-order valence-electron chi connectivity index (χ3n) is 3.23. The number of benzene rings is 1. The number of hydrogen-bond acceptors (Lipinski definition) is 4. The van der Waals surface area contributed by atoms with E-state index >= 15 is 0 Å². The van der Waals surface area contributed by atoms with Crippen molar-refractivity contribution in [1.82, 2.24) is 15.3 Å². The number of rotatable bonds is 6. The Kier molecular flexibility index (Phi) is 5.47. The molecule has 0 fully saturated rings. The molecule has 0 spiro atoms. The van der Waals surface area contributed by atoms with Crippen LogP contribution in [0.2, 0.25) is 0 Å². The SMILES string of the molecule is CCc1ccccc1Nc1ncc(C(=O)NCC(C)C)cn1. The van der Waals surface area contributed by atoms with E-state index in [9.17, 15) is 4.79 Å². The molecule has 0 saturated heterocycles. The number of carbonyl (C=O) groups excluding carboxylic acids is 1. The summed E-state index contributed by atoms with van der Waals surface area (Å²) in [7, 11) is 0. The van der Waals surface area contributed by atoms with Gasteiger partial charge in [-0.2, -0.15) is 0 Å². The van der Waals surface area contributed by atoms with Gasteiger partial charge in [0.05, 0.1) is 5.56 Å². The molecule has 0 aliphatic heterocycles. The van der Waals surface area contributed by atoms with Crippen molar-refractivity contribution in [3.63, 3.8) is 0 Å². The Bertz CT molecular complexity index is 623. The Hall–Kier alpha value is -2.43. The predicted octanol–water partition coefficient (Wildman–Crippen LogP) is 3.17. The fraction of sp³-hybridized carbons (Fsp3) is 0.353. The molecule has 5 heteroatoms. The minimum atomic E-state index is -0.144. The van der Waals surface area contributed by atoms with Crippen molar-refractivity contribution in [2.45, 2.75) is 27.2 Å². The molecule has 116 valence electrons. The summed E-state index contributed by atoms with van der Waals surface area (Å²) in [5, 5.41) is 6.03. The second-order valence-electron chi connectivity index (χ2n) is 5.53. The highest BCUT2D eigenvalue weighted by Crippen LogP contribution is 2.18. The number of aryl methyl sites for hydroxylation is 1. The molecule has 0 unspecified atom stereocenters. The Labute approximate surface area is 131 Å². The largest absolute Gasteiger partial charge is 0.352 e. The Balaban J connectivity index is 2.04. The summed E-state index contributed by atoms with van der Waals surface area (Å²) in [6.45, 7) is 6.84. The van der Waals surface area contributed by atoms with Crippen molar-refractivity contribution >= 4 is 17.5 Å². The first-order valence-corrected chi connectivity index (χ1v) is 7.55. The number of nitrogens with zero attached hydrogens (tertiary/aromatic N) is 2. The molecule has 0 aliphatic rings. The summed E-state index contributed by atoms with van der Waals surface area (Å²) in [6, 6.07) is 8.03. The summed E-state index contributed by atoms with van der Waals surface area (Å²) in [4.78, 5) is 20.3. The molecule has 1 heterocycles. The lowest BCUT2D eigenvalue weighted by Crippen LogP contribution is -2.27. The van der Waals surface area contributed by atoms with E-state index in [4.69, 9.17) is 0 Å². The first kappa shape index (κ1) is 15.9. The predicted molar refractivity (Wildman–Crippen MR) is 88.3 cm³/mol. The Morgan fingerprint density at radius 3 is 2.50 bits per heavy atom. The smallest absolute Gasteiger partial charge is 0.254 e. The second kappa shape index (κ2) is 7.54. The first-order chi connectivity index (χ1) is 10.6. The zero-order valence-corrected chi connectivity index (χ0v) is 13.3. The molecule has 2 N–H and O–H groups in total. The molecule has 0 bridgehead atoms. The average Bonchev–Trinajstić information content (AvgIpc) is 2.54. The molecular formula is C17H22N4O. The molecule has 1 amide bonds. The summed E-state index contributed by atoms with van der Waals surface area (Å²) < 4.78 is 0. The van der Waals surface area contributed by atoms with Gasteiger partial charge >= 0.3 is 0 Å². The van der Waals surface area contributed by atoms with E-state index < -0.39 is 0 Å². The highest BCUT2D eigenvalue weighted by Gasteiger charge is 2.08. The zero-order chi connectivity index (χ0) is 15.9. The molecule has 22 heavy (non-hydrogen) atoms. The van der Waals surface area contributed by atoms with Crippen molar-refractivity contribution < 1.29 is 4.79 Å². The third-order valence-corrected chi connectivity index (χ3v) is 3.23. The normalized spacial score (nSPS) is 10.5. The van der Waals surface area contributed by atoms with Crippen molar-refractivity contribution in [2.75, 3.05) is 11.9 Å². The first-order valence-electron chi connectivity index (χ1n) is 7.55. The van der Waals surface area contributed by atoms with Gasteiger partial charge in [0, 0.05) is 24.6 Å². The second-order valence-corrected chi connectivity index (χ2v) is 5.53. The molecule has 2 aromatic rings. The quantitative estimate of drug-likeness (QED) is 0.859. The molecule has 0 atom stereocenters. The van der Waals surface area contributed by atoms with Crippen LogP contribution in [0.5, 0.6) is 0 Å². The van der Waals surface area contributed by atoms with E-state index in [0.717, 1.165) is 12.1 Å². The van der Waals surface area contributed by atoms with Gasteiger partial charge in [-0.25, -0.2) is 9.97 Å². The van der Waals surface area contributed by atoms with E-state index in [1.54, 1.807) is 12.4 Å². The van der Waals surface area contributed by atoms with E-state index in [-0.39, 0.29) is 5.91 Å². The van der Waals surface area contributed by atoms with Crippen LogP contribution in [0.15, 0.2) is 36.7 Å². The van der Waals surface area contributed by atoms with Crippen LogP contribution in [-0.2, 0) is 6.42 Å². The van der Waals surface area contributed by atoms with Gasteiger partial charge in [-0.1, -0.05) is 39.0 Å². The summed E-state index contributed by atoms with van der Waals surface area (Å²) in [6.07, 6.45) is 4.01. The summed E-state index contributed by atoms with van der Waals surface area (Å²) in [5.41, 5.74) is 2.65. The van der Waals surface area contributed by atoms with Gasteiger partial charge in [0.2, 0.25) is 5.95 Å². The van der Waals surface area contributed by atoms with Crippen LogP contribution in [0.25, 0.3) is 0 Å². The van der Waals surface area contributed by atoms with Gasteiger partial charge < -0.3 is 10.6 Å². The third kappa shape index (κ3) is 4.28. The molecular weight excluding hydrogens is 276 g/mol. The molecule has 1 aromatic carbocycles. The minimum absolute atomic E-state index is 0.144. The number of anilines is 2. The van der Waals surface area contributed by atoms with Crippen LogP contribution in [-0.4, -0.2) is 22.4 Å². The van der Waals surface area contributed by atoms with Crippen LogP contribution in [0, 0.1) is 5.92 Å². The average molecular weight is 298 g/mol. The highest BCUT2D eigenvalue weighted by molar-refractivity contribution is 5.93. The molecule has 0 aliphatic carbocycles. The van der Waals surface area contributed by atoms with Crippen LogP contribution in [0.4, 0.5) is 11.6 Å². The van der Waals surface area contributed by atoms with Crippen molar-refractivity contribution in [1.29, 1.82) is 0 Å². The maximum Gasteiger partial charge on any atom is 0.254 e. The van der Waals surface area contributed by atoms with Gasteiger partial charge in [-0.3, -0.25) is 4.79 Å². The molecule has 5 nitrogen and oxygen atoms in total. The van der Waals surface area contributed by atoms with E-state index in [0.29, 0.717) is 24.0 Å². The van der Waals surface area contributed by atoms with Gasteiger partial charge in [0.15, 0.2) is 0 Å². The highest BCUT2D eigenvalue weighted by atomic mass is 16.1. The van der Waals surface area contributed by atoms with Gasteiger partial charge in [0.25, 0.3) is 5.91 Å². The van der Waals surface area contributed by atoms with Crippen molar-refractivity contribution in [3.05, 3.63) is 47.8 Å². The van der Waals surface area contributed by atoms with Crippen LogP contribution in [0.3, 0.4) is 0 Å². The number of carbonyl (C=O) groups is 1. The van der Waals surface area contributed by atoms with E-state index in [2.05, 4.69) is 47.4 Å². The Morgan fingerprint density at radius 2 is 1.86 bits per heavy atom. The lowest BCUT2D eigenvalue weighted by molar-refractivity contribution is 0.0948. The number of para-hydroxylation sites is 1. The van der Waals surface area contributed by atoms with Gasteiger partial charge in [-0.05, 0) is 24.0 Å². The number of hydrogen-bond donors (Lipinski definition) is 2. The lowest BCUT2D eigenvalue weighted by Gasteiger charge is -2.10. The molecule has 0 saturated carbocycles. The molecule has 1 aromatic heterocycles. The maximum absolute atomic E-state index is 11.9. The van der Waals surface area contributed by atoms with Crippen LogP contribution < -0.4 is 10.6 Å². The number of nitrogens with one attached hydrogen (secondary N) is 2. The number of aromatic nitrogens is 2. The van der Waals surface area contributed by atoms with Gasteiger partial charge in [-0.15, -0.1) is 0 Å². The fourth-order valence-electron chi connectivity index (χ4n) is 1.98. The molecule has 2 rings (SSSR count). The fourth-order valence-corrected chi connectivity index (χ4v) is 1.98. The standard InChI is InChI=1S/C17H22N4O/c1-4-13-7-5-6-8-15(13)21-17-19-10-14(11-20-17)16(22)18-9-12(2)3/h5-8,10-12H,4,9H2,1-3H3,(H,18,22)(H,19,20,21). The lowest BCUT2D eigenvalue weighted by atomic mass is 10.1. The summed E-state index contributed by atoms with van der Waals surface area (Å²) >= 11 is 0. The number of amides is 1. The van der Waals surface area contributed by atoms with E-state index in [1.807, 2.05) is 18.2 Å². The van der Waals surface area contributed by atoms with Crippen LogP contribution in [0.1, 0.15) is 36.7 Å². The Morgan fingerprint density at radius 1 is 1.18 bits per heavy atom. The van der Waals surface area contributed by atoms with Crippen molar-refractivity contribution in [3.8, 4) is 0 Å². The van der Waals surface area contributed by atoms with E-state index in [1.165, 1.54) is 5.56 Å². The van der Waals surface area contributed by atoms with Crippen LogP contribution >= 0.6 is 0 Å². The zero-order valence-electron chi connectivity index (χ0n) is 13.3. The van der Waals surface area contributed by atoms with Crippen molar-refractivity contribution in [2.24, 2.45) is 5.92 Å². The minimum Gasteiger partial charge on any atom is -0.352 e. The van der Waals surface area contributed by atoms with Gasteiger partial charge in [0.1, 0.15) is 0 Å². The topological polar surface area (TPSA) is 66.9 Å². The monoisotopic (exact) mass is 298 g/mol. The maximum atomic E-state index is 11.9. The summed E-state index contributed by atoms with van der Waals surface area (Å²) in [5.74, 6) is 0.756. The molecule has 0 radical (unpaired) electrons.